The van der Waals surface area contributed by atoms with E-state index in [1.54, 1.807) is 7.11 Å². The van der Waals surface area contributed by atoms with E-state index < -0.39 is 0 Å². The maximum atomic E-state index is 5.79. The van der Waals surface area contributed by atoms with Gasteiger partial charge < -0.3 is 14.4 Å². The highest BCUT2D eigenvalue weighted by Gasteiger charge is 2.27. The summed E-state index contributed by atoms with van der Waals surface area (Å²) in [5.41, 5.74) is 3.80. The molecule has 1 aromatic heterocycles. The molecular weight excluding hydrogens is 364 g/mol. The first-order chi connectivity index (χ1) is 14.2. The van der Waals surface area contributed by atoms with Gasteiger partial charge in [-0.05, 0) is 44.1 Å². The first kappa shape index (κ1) is 20.3. The van der Waals surface area contributed by atoms with Gasteiger partial charge in [0.05, 0.1) is 12.6 Å². The summed E-state index contributed by atoms with van der Waals surface area (Å²) >= 11 is 0. The fourth-order valence-electron chi connectivity index (χ4n) is 4.32. The summed E-state index contributed by atoms with van der Waals surface area (Å²) in [6.45, 7) is 5.19. The number of fused-ring (bicyclic) bond motifs is 1. The zero-order valence-electron chi connectivity index (χ0n) is 17.6. The predicted molar refractivity (Wildman–Crippen MR) is 113 cm³/mol. The maximum Gasteiger partial charge on any atom is 0.145 e. The number of aromatic nitrogens is 2. The van der Waals surface area contributed by atoms with Crippen molar-refractivity contribution in [3.05, 3.63) is 53.1 Å². The molecular formula is C23H32N4O2. The van der Waals surface area contributed by atoms with Crippen molar-refractivity contribution in [2.45, 2.75) is 44.8 Å². The van der Waals surface area contributed by atoms with Crippen molar-refractivity contribution in [1.29, 1.82) is 0 Å². The monoisotopic (exact) mass is 396 g/mol. The van der Waals surface area contributed by atoms with Crippen LogP contribution in [0.4, 0.5) is 0 Å². The average Bonchev–Trinajstić information content (AvgIpc) is 2.74. The van der Waals surface area contributed by atoms with E-state index in [2.05, 4.69) is 41.2 Å². The van der Waals surface area contributed by atoms with Crippen molar-refractivity contribution in [3.63, 3.8) is 0 Å². The Hall–Kier alpha value is -2.02. The Labute approximate surface area is 173 Å². The van der Waals surface area contributed by atoms with Gasteiger partial charge in [0.25, 0.3) is 0 Å². The van der Waals surface area contributed by atoms with Crippen molar-refractivity contribution in [1.82, 2.24) is 19.8 Å². The highest BCUT2D eigenvalue weighted by Crippen LogP contribution is 2.31. The van der Waals surface area contributed by atoms with E-state index in [9.17, 15) is 0 Å². The number of benzene rings is 1. The van der Waals surface area contributed by atoms with E-state index in [0.717, 1.165) is 50.6 Å². The Morgan fingerprint density at radius 2 is 2.10 bits per heavy atom. The van der Waals surface area contributed by atoms with Crippen LogP contribution in [-0.4, -0.2) is 60.2 Å². The molecule has 0 N–H and O–H groups in total. The van der Waals surface area contributed by atoms with Crippen molar-refractivity contribution >= 4 is 0 Å². The average molecular weight is 397 g/mol. The third-order valence-corrected chi connectivity index (χ3v) is 5.90. The smallest absolute Gasteiger partial charge is 0.145 e. The van der Waals surface area contributed by atoms with E-state index >= 15 is 0 Å². The third-order valence-electron chi connectivity index (χ3n) is 5.90. The molecule has 0 aliphatic carbocycles. The lowest BCUT2D eigenvalue weighted by molar-refractivity contribution is 0.132. The number of likely N-dealkylation sites (tertiary alicyclic amines) is 1. The van der Waals surface area contributed by atoms with E-state index in [1.165, 1.54) is 29.7 Å². The molecule has 4 rings (SSSR count). The van der Waals surface area contributed by atoms with Crippen molar-refractivity contribution in [2.24, 2.45) is 0 Å². The van der Waals surface area contributed by atoms with Gasteiger partial charge in [-0.3, -0.25) is 4.90 Å². The van der Waals surface area contributed by atoms with Gasteiger partial charge in [-0.15, -0.1) is 0 Å². The molecule has 0 saturated carbocycles. The highest BCUT2D eigenvalue weighted by atomic mass is 16.5. The van der Waals surface area contributed by atoms with Crippen LogP contribution in [-0.2, 0) is 24.2 Å². The number of nitrogens with zero attached hydrogens (tertiary/aromatic N) is 4. The topological polar surface area (TPSA) is 50.7 Å². The molecule has 3 heterocycles. The van der Waals surface area contributed by atoms with Crippen LogP contribution in [0.3, 0.4) is 0 Å². The summed E-state index contributed by atoms with van der Waals surface area (Å²) in [6, 6.07) is 8.70. The minimum Gasteiger partial charge on any atom is -0.491 e. The molecule has 2 aromatic rings. The second-order valence-corrected chi connectivity index (χ2v) is 8.16. The molecule has 1 fully saturated rings. The standard InChI is InChI=1S/C23H32N4O2/c1-26-11-9-21-19(17-26)15-24-23(25-21)22-8-3-4-10-27(22)16-18-6-5-7-20(14-18)29-13-12-28-2/h5-7,14-15,22H,3-4,8-13,16-17H2,1-2H3. The molecule has 1 atom stereocenters. The number of likely N-dealkylation sites (N-methyl/N-ethyl adjacent to an activating group) is 1. The van der Waals surface area contributed by atoms with Crippen LogP contribution in [0.2, 0.25) is 0 Å². The Morgan fingerprint density at radius 3 is 3.00 bits per heavy atom. The number of methoxy groups -OCH3 is 1. The second-order valence-electron chi connectivity index (χ2n) is 8.16. The quantitative estimate of drug-likeness (QED) is 0.670. The van der Waals surface area contributed by atoms with Gasteiger partial charge in [0.2, 0.25) is 0 Å². The lowest BCUT2D eigenvalue weighted by Gasteiger charge is -2.35. The van der Waals surface area contributed by atoms with Gasteiger partial charge in [0.15, 0.2) is 0 Å². The van der Waals surface area contributed by atoms with E-state index in [-0.39, 0.29) is 0 Å². The number of rotatable bonds is 7. The minimum atomic E-state index is 0.298. The molecule has 0 bridgehead atoms. The van der Waals surface area contributed by atoms with Gasteiger partial charge in [0, 0.05) is 50.6 Å². The Bertz CT molecular complexity index is 813. The Morgan fingerprint density at radius 1 is 1.17 bits per heavy atom. The summed E-state index contributed by atoms with van der Waals surface area (Å²) in [5.74, 6) is 1.91. The second kappa shape index (κ2) is 9.65. The van der Waals surface area contributed by atoms with Gasteiger partial charge in [-0.2, -0.15) is 0 Å². The van der Waals surface area contributed by atoms with Gasteiger partial charge in [0.1, 0.15) is 18.2 Å². The largest absolute Gasteiger partial charge is 0.491 e. The number of hydrogen-bond acceptors (Lipinski definition) is 6. The fraction of sp³-hybridized carbons (Fsp3) is 0.565. The highest BCUT2D eigenvalue weighted by molar-refractivity contribution is 5.29. The molecule has 0 spiro atoms. The molecule has 6 nitrogen and oxygen atoms in total. The minimum absolute atomic E-state index is 0.298. The first-order valence-corrected chi connectivity index (χ1v) is 10.7. The van der Waals surface area contributed by atoms with Crippen LogP contribution >= 0.6 is 0 Å². The summed E-state index contributed by atoms with van der Waals surface area (Å²) < 4.78 is 10.9. The first-order valence-electron chi connectivity index (χ1n) is 10.7. The summed E-state index contributed by atoms with van der Waals surface area (Å²) in [5, 5.41) is 0. The van der Waals surface area contributed by atoms with E-state index in [1.807, 2.05) is 6.07 Å². The maximum absolute atomic E-state index is 5.79. The Balaban J connectivity index is 1.48. The van der Waals surface area contributed by atoms with Crippen LogP contribution in [0.25, 0.3) is 0 Å². The molecule has 2 aliphatic rings. The number of hydrogen-bond donors (Lipinski definition) is 0. The van der Waals surface area contributed by atoms with Crippen LogP contribution in [0.5, 0.6) is 5.75 Å². The number of piperidine rings is 1. The summed E-state index contributed by atoms with van der Waals surface area (Å²) in [4.78, 5) is 14.7. The van der Waals surface area contributed by atoms with Crippen molar-refractivity contribution in [2.75, 3.05) is 40.5 Å². The zero-order valence-corrected chi connectivity index (χ0v) is 17.6. The molecule has 6 heteroatoms. The van der Waals surface area contributed by atoms with Crippen LogP contribution in [0, 0.1) is 0 Å². The molecule has 1 unspecified atom stereocenters. The summed E-state index contributed by atoms with van der Waals surface area (Å²) in [7, 11) is 3.85. The molecule has 156 valence electrons. The van der Waals surface area contributed by atoms with Crippen molar-refractivity contribution < 1.29 is 9.47 Å². The third kappa shape index (κ3) is 5.13. The number of ether oxygens (including phenoxy) is 2. The molecule has 29 heavy (non-hydrogen) atoms. The molecule has 1 aromatic carbocycles. The van der Waals surface area contributed by atoms with E-state index in [0.29, 0.717) is 19.3 Å². The van der Waals surface area contributed by atoms with Crippen LogP contribution in [0.15, 0.2) is 30.5 Å². The summed E-state index contributed by atoms with van der Waals surface area (Å²) in [6.07, 6.45) is 6.68. The van der Waals surface area contributed by atoms with Crippen LogP contribution in [0.1, 0.15) is 47.9 Å². The molecule has 0 radical (unpaired) electrons. The SMILES string of the molecule is COCCOc1cccc(CN2CCCCC2c2ncc3c(n2)CCN(C)C3)c1. The van der Waals surface area contributed by atoms with Crippen molar-refractivity contribution in [3.8, 4) is 5.75 Å². The zero-order chi connectivity index (χ0) is 20.1. The fourth-order valence-corrected chi connectivity index (χ4v) is 4.32. The van der Waals surface area contributed by atoms with Crippen LogP contribution < -0.4 is 4.74 Å². The molecule has 0 amide bonds. The van der Waals surface area contributed by atoms with Gasteiger partial charge in [-0.1, -0.05) is 18.6 Å². The predicted octanol–water partition coefficient (Wildman–Crippen LogP) is 3.22. The van der Waals surface area contributed by atoms with Gasteiger partial charge in [-0.25, -0.2) is 9.97 Å². The Kier molecular flexibility index (Phi) is 6.74. The van der Waals surface area contributed by atoms with Gasteiger partial charge >= 0.3 is 0 Å². The molecule has 1 saturated heterocycles. The van der Waals surface area contributed by atoms with E-state index in [4.69, 9.17) is 19.4 Å². The lowest BCUT2D eigenvalue weighted by atomic mass is 9.99. The molecule has 2 aliphatic heterocycles. The lowest BCUT2D eigenvalue weighted by Crippen LogP contribution is -2.35. The normalized spacial score (nSPS) is 20.4.